The fourth-order valence-corrected chi connectivity index (χ4v) is 2.34. The molecule has 0 radical (unpaired) electrons. The van der Waals surface area contributed by atoms with Crippen molar-refractivity contribution in [1.82, 2.24) is 9.78 Å². The SMILES string of the molecule is CCOc1ccc(C(=O)Nc2cnn(CCCC(=O)O)c2)cc1OCC. The fourth-order valence-electron chi connectivity index (χ4n) is 2.34. The van der Waals surface area contributed by atoms with E-state index >= 15 is 0 Å². The van der Waals surface area contributed by atoms with Crippen molar-refractivity contribution >= 4 is 17.6 Å². The number of ether oxygens (including phenoxy) is 2. The molecule has 2 rings (SSSR count). The summed E-state index contributed by atoms with van der Waals surface area (Å²) in [6, 6.07) is 5.01. The van der Waals surface area contributed by atoms with Crippen LogP contribution in [0.2, 0.25) is 0 Å². The number of hydrogen-bond donors (Lipinski definition) is 2. The smallest absolute Gasteiger partial charge is 0.303 e. The molecule has 0 bridgehead atoms. The molecule has 0 atom stereocenters. The minimum Gasteiger partial charge on any atom is -0.490 e. The number of nitrogens with one attached hydrogen (secondary N) is 1. The standard InChI is InChI=1S/C18H23N3O5/c1-3-25-15-8-7-13(10-16(15)26-4-2)18(24)20-14-11-19-21(12-14)9-5-6-17(22)23/h7-8,10-12H,3-6,9H2,1-2H3,(H,20,24)(H,22,23). The second-order valence-corrected chi connectivity index (χ2v) is 5.47. The van der Waals surface area contributed by atoms with Crippen LogP contribution in [0.1, 0.15) is 37.0 Å². The quantitative estimate of drug-likeness (QED) is 0.674. The lowest BCUT2D eigenvalue weighted by atomic mass is 10.2. The number of carboxylic acid groups (broad SMARTS) is 1. The molecule has 0 fully saturated rings. The molecule has 0 aliphatic rings. The van der Waals surface area contributed by atoms with E-state index in [1.165, 1.54) is 6.20 Å². The Morgan fingerprint density at radius 1 is 1.19 bits per heavy atom. The molecule has 1 aromatic carbocycles. The summed E-state index contributed by atoms with van der Waals surface area (Å²) in [6.07, 6.45) is 3.74. The lowest BCUT2D eigenvalue weighted by Gasteiger charge is -2.12. The number of carboxylic acids is 1. The number of benzene rings is 1. The van der Waals surface area contributed by atoms with E-state index in [9.17, 15) is 9.59 Å². The third-order valence-corrected chi connectivity index (χ3v) is 3.47. The largest absolute Gasteiger partial charge is 0.490 e. The molecule has 140 valence electrons. The van der Waals surface area contributed by atoms with E-state index in [0.717, 1.165) is 0 Å². The molecule has 1 amide bonds. The minimum atomic E-state index is -0.841. The zero-order chi connectivity index (χ0) is 18.9. The maximum absolute atomic E-state index is 12.4. The molecule has 0 aliphatic heterocycles. The van der Waals surface area contributed by atoms with E-state index in [0.29, 0.717) is 48.9 Å². The number of aliphatic carboxylic acids is 1. The van der Waals surface area contributed by atoms with Crippen LogP contribution in [0.5, 0.6) is 11.5 Å². The van der Waals surface area contributed by atoms with Gasteiger partial charge >= 0.3 is 5.97 Å². The summed E-state index contributed by atoms with van der Waals surface area (Å²) in [5.74, 6) is -0.0195. The lowest BCUT2D eigenvalue weighted by Crippen LogP contribution is -2.12. The number of nitrogens with zero attached hydrogens (tertiary/aromatic N) is 2. The minimum absolute atomic E-state index is 0.0773. The molecule has 1 aromatic heterocycles. The van der Waals surface area contributed by atoms with Crippen LogP contribution in [-0.4, -0.2) is 40.0 Å². The molecular formula is C18H23N3O5. The summed E-state index contributed by atoms with van der Waals surface area (Å²) >= 11 is 0. The predicted octanol–water partition coefficient (Wildman–Crippen LogP) is 2.80. The monoisotopic (exact) mass is 361 g/mol. The second-order valence-electron chi connectivity index (χ2n) is 5.47. The van der Waals surface area contributed by atoms with Crippen molar-refractivity contribution in [3.05, 3.63) is 36.2 Å². The highest BCUT2D eigenvalue weighted by Gasteiger charge is 2.12. The van der Waals surface area contributed by atoms with Crippen LogP contribution in [0.15, 0.2) is 30.6 Å². The van der Waals surface area contributed by atoms with Crippen molar-refractivity contribution in [3.8, 4) is 11.5 Å². The van der Waals surface area contributed by atoms with Crippen LogP contribution in [0.25, 0.3) is 0 Å². The number of anilines is 1. The Bertz CT molecular complexity index is 757. The van der Waals surface area contributed by atoms with E-state index in [1.54, 1.807) is 29.1 Å². The molecule has 0 unspecified atom stereocenters. The fraction of sp³-hybridized carbons (Fsp3) is 0.389. The Morgan fingerprint density at radius 3 is 2.62 bits per heavy atom. The maximum Gasteiger partial charge on any atom is 0.303 e. The van der Waals surface area contributed by atoms with Gasteiger partial charge in [-0.15, -0.1) is 0 Å². The summed E-state index contributed by atoms with van der Waals surface area (Å²) in [6.45, 7) is 5.19. The highest BCUT2D eigenvalue weighted by molar-refractivity contribution is 6.04. The van der Waals surface area contributed by atoms with Crippen molar-refractivity contribution in [3.63, 3.8) is 0 Å². The molecule has 0 saturated carbocycles. The number of carbonyl (C=O) groups is 2. The molecule has 26 heavy (non-hydrogen) atoms. The first kappa shape index (κ1) is 19.3. The number of aryl methyl sites for hydroxylation is 1. The summed E-state index contributed by atoms with van der Waals surface area (Å²) in [4.78, 5) is 23.0. The number of carbonyl (C=O) groups excluding carboxylic acids is 1. The van der Waals surface area contributed by atoms with Gasteiger partial charge in [0.1, 0.15) is 0 Å². The average Bonchev–Trinajstić information content (AvgIpc) is 3.03. The summed E-state index contributed by atoms with van der Waals surface area (Å²) < 4.78 is 12.6. The van der Waals surface area contributed by atoms with Crippen molar-refractivity contribution in [2.24, 2.45) is 0 Å². The number of aromatic nitrogens is 2. The average molecular weight is 361 g/mol. The molecule has 1 heterocycles. The Labute approximate surface area is 151 Å². The van der Waals surface area contributed by atoms with Gasteiger partial charge in [0.15, 0.2) is 11.5 Å². The van der Waals surface area contributed by atoms with Crippen LogP contribution < -0.4 is 14.8 Å². The topological polar surface area (TPSA) is 103 Å². The van der Waals surface area contributed by atoms with Gasteiger partial charge in [0.25, 0.3) is 5.91 Å². The first-order chi connectivity index (χ1) is 12.5. The zero-order valence-electron chi connectivity index (χ0n) is 14.9. The van der Waals surface area contributed by atoms with Crippen LogP contribution in [-0.2, 0) is 11.3 Å². The van der Waals surface area contributed by atoms with E-state index in [-0.39, 0.29) is 12.3 Å². The van der Waals surface area contributed by atoms with E-state index in [1.807, 2.05) is 13.8 Å². The first-order valence-corrected chi connectivity index (χ1v) is 8.48. The van der Waals surface area contributed by atoms with Crippen LogP contribution in [0.4, 0.5) is 5.69 Å². The lowest BCUT2D eigenvalue weighted by molar-refractivity contribution is -0.137. The van der Waals surface area contributed by atoms with Crippen LogP contribution >= 0.6 is 0 Å². The van der Waals surface area contributed by atoms with Crippen molar-refractivity contribution in [2.45, 2.75) is 33.2 Å². The summed E-state index contributed by atoms with van der Waals surface area (Å²) in [7, 11) is 0. The van der Waals surface area contributed by atoms with E-state index < -0.39 is 5.97 Å². The van der Waals surface area contributed by atoms with Gasteiger partial charge in [-0.2, -0.15) is 5.10 Å². The second kappa shape index (κ2) is 9.45. The van der Waals surface area contributed by atoms with Crippen molar-refractivity contribution < 1.29 is 24.2 Å². The molecule has 0 spiro atoms. The zero-order valence-corrected chi connectivity index (χ0v) is 14.9. The Balaban J connectivity index is 2.02. The third-order valence-electron chi connectivity index (χ3n) is 3.47. The summed E-state index contributed by atoms with van der Waals surface area (Å²) in [5, 5.41) is 15.5. The Morgan fingerprint density at radius 2 is 1.92 bits per heavy atom. The van der Waals surface area contributed by atoms with Gasteiger partial charge in [-0.3, -0.25) is 14.3 Å². The Kier molecular flexibility index (Phi) is 7.02. The first-order valence-electron chi connectivity index (χ1n) is 8.48. The van der Waals surface area contributed by atoms with Gasteiger partial charge in [-0.1, -0.05) is 0 Å². The van der Waals surface area contributed by atoms with Gasteiger partial charge in [-0.25, -0.2) is 0 Å². The molecule has 2 N–H and O–H groups in total. The molecule has 0 aliphatic carbocycles. The van der Waals surface area contributed by atoms with Crippen LogP contribution in [0.3, 0.4) is 0 Å². The third kappa shape index (κ3) is 5.51. The highest BCUT2D eigenvalue weighted by atomic mass is 16.5. The highest BCUT2D eigenvalue weighted by Crippen LogP contribution is 2.28. The van der Waals surface area contributed by atoms with E-state index in [2.05, 4.69) is 10.4 Å². The molecule has 2 aromatic rings. The van der Waals surface area contributed by atoms with Crippen LogP contribution in [0, 0.1) is 0 Å². The van der Waals surface area contributed by atoms with Gasteiger partial charge in [0, 0.05) is 24.7 Å². The normalized spacial score (nSPS) is 10.4. The van der Waals surface area contributed by atoms with Crippen molar-refractivity contribution in [1.29, 1.82) is 0 Å². The predicted molar refractivity (Wildman–Crippen MR) is 95.8 cm³/mol. The maximum atomic E-state index is 12.4. The number of amides is 1. The number of hydrogen-bond acceptors (Lipinski definition) is 5. The molecular weight excluding hydrogens is 338 g/mol. The van der Waals surface area contributed by atoms with Gasteiger partial charge < -0.3 is 19.9 Å². The van der Waals surface area contributed by atoms with E-state index in [4.69, 9.17) is 14.6 Å². The Hall–Kier alpha value is -3.03. The van der Waals surface area contributed by atoms with Gasteiger partial charge in [0.2, 0.25) is 0 Å². The molecule has 0 saturated heterocycles. The van der Waals surface area contributed by atoms with Gasteiger partial charge in [-0.05, 0) is 38.5 Å². The molecule has 8 heteroatoms. The van der Waals surface area contributed by atoms with Gasteiger partial charge in [0.05, 0.1) is 25.1 Å². The number of rotatable bonds is 10. The molecule has 8 nitrogen and oxygen atoms in total. The summed E-state index contributed by atoms with van der Waals surface area (Å²) in [5.41, 5.74) is 0.979. The van der Waals surface area contributed by atoms with Crippen molar-refractivity contribution in [2.75, 3.05) is 18.5 Å².